The lowest BCUT2D eigenvalue weighted by molar-refractivity contribution is 0.189. The zero-order valence-electron chi connectivity index (χ0n) is 13.1. The first-order chi connectivity index (χ1) is 11.3. The number of hydrogen-bond donors (Lipinski definition) is 2. The lowest BCUT2D eigenvalue weighted by atomic mass is 9.80. The minimum absolute atomic E-state index is 0.514. The van der Waals surface area contributed by atoms with Crippen molar-refractivity contribution in [2.45, 2.75) is 37.6 Å². The minimum atomic E-state index is 0.514. The van der Waals surface area contributed by atoms with Crippen molar-refractivity contribution in [3.05, 3.63) is 36.4 Å². The molecule has 23 heavy (non-hydrogen) atoms. The topological polar surface area (TPSA) is 72.5 Å². The SMILES string of the molecule is NCC1CC(n2cc(-c3nccc4[nH]ccc34)c(C3CC3)n2)C1. The predicted molar refractivity (Wildman–Crippen MR) is 90.1 cm³/mol. The van der Waals surface area contributed by atoms with E-state index in [-0.39, 0.29) is 0 Å². The Morgan fingerprint density at radius 3 is 2.91 bits per heavy atom. The van der Waals surface area contributed by atoms with E-state index in [0.29, 0.717) is 17.9 Å². The number of aromatic amines is 1. The van der Waals surface area contributed by atoms with Gasteiger partial charge < -0.3 is 10.7 Å². The molecule has 0 amide bonds. The summed E-state index contributed by atoms with van der Waals surface area (Å²) in [5.41, 5.74) is 10.4. The van der Waals surface area contributed by atoms with E-state index in [1.807, 2.05) is 18.5 Å². The summed E-state index contributed by atoms with van der Waals surface area (Å²) in [5, 5.41) is 6.14. The van der Waals surface area contributed by atoms with Crippen molar-refractivity contribution in [2.75, 3.05) is 6.54 Å². The molecule has 2 aliphatic rings. The van der Waals surface area contributed by atoms with Gasteiger partial charge in [0, 0.05) is 41.0 Å². The maximum atomic E-state index is 5.77. The summed E-state index contributed by atoms with van der Waals surface area (Å²) in [6.07, 6.45) is 10.9. The number of rotatable bonds is 4. The molecule has 5 rings (SSSR count). The summed E-state index contributed by atoms with van der Waals surface area (Å²) < 4.78 is 2.18. The maximum absolute atomic E-state index is 5.77. The smallest absolute Gasteiger partial charge is 0.0830 e. The van der Waals surface area contributed by atoms with Gasteiger partial charge in [0.25, 0.3) is 0 Å². The molecule has 0 atom stereocenters. The maximum Gasteiger partial charge on any atom is 0.0830 e. The highest BCUT2D eigenvalue weighted by Gasteiger charge is 2.34. The molecule has 2 fully saturated rings. The second kappa shape index (κ2) is 4.93. The predicted octanol–water partition coefficient (Wildman–Crippen LogP) is 3.21. The van der Waals surface area contributed by atoms with Gasteiger partial charge in [-0.15, -0.1) is 0 Å². The fraction of sp³-hybridized carbons (Fsp3) is 0.444. The van der Waals surface area contributed by atoms with Crippen LogP contribution in [-0.4, -0.2) is 26.3 Å². The number of pyridine rings is 1. The van der Waals surface area contributed by atoms with E-state index in [1.54, 1.807) is 0 Å². The molecular formula is C18H21N5. The van der Waals surface area contributed by atoms with E-state index < -0.39 is 0 Å². The Morgan fingerprint density at radius 2 is 2.13 bits per heavy atom. The Bertz CT molecular complexity index is 851. The second-order valence-corrected chi connectivity index (χ2v) is 7.01. The lowest BCUT2D eigenvalue weighted by Gasteiger charge is -2.34. The molecule has 0 saturated heterocycles. The van der Waals surface area contributed by atoms with Crippen LogP contribution < -0.4 is 5.73 Å². The summed E-state index contributed by atoms with van der Waals surface area (Å²) in [6.45, 7) is 0.796. The molecular weight excluding hydrogens is 286 g/mol. The highest BCUT2D eigenvalue weighted by molar-refractivity contribution is 5.93. The molecule has 3 heterocycles. The molecule has 0 spiro atoms. The monoisotopic (exact) mass is 307 g/mol. The number of nitrogens with one attached hydrogen (secondary N) is 1. The van der Waals surface area contributed by atoms with Crippen molar-refractivity contribution >= 4 is 10.9 Å². The summed E-state index contributed by atoms with van der Waals surface area (Å²) in [5.74, 6) is 1.29. The normalized spacial score (nSPS) is 24.0. The average Bonchev–Trinajstić information content (AvgIpc) is 3.09. The van der Waals surface area contributed by atoms with Crippen LogP contribution in [0.3, 0.4) is 0 Å². The zero-order valence-corrected chi connectivity index (χ0v) is 13.1. The van der Waals surface area contributed by atoms with Gasteiger partial charge in [-0.3, -0.25) is 9.67 Å². The van der Waals surface area contributed by atoms with E-state index in [1.165, 1.54) is 29.5 Å². The number of hydrogen-bond acceptors (Lipinski definition) is 3. The summed E-state index contributed by atoms with van der Waals surface area (Å²) in [6, 6.07) is 4.65. The highest BCUT2D eigenvalue weighted by atomic mass is 15.3. The quantitative estimate of drug-likeness (QED) is 0.777. The van der Waals surface area contributed by atoms with Crippen molar-refractivity contribution in [1.29, 1.82) is 0 Å². The number of aromatic nitrogens is 4. The van der Waals surface area contributed by atoms with Crippen LogP contribution in [0.1, 0.15) is 43.3 Å². The Balaban J connectivity index is 1.59. The second-order valence-electron chi connectivity index (χ2n) is 7.01. The van der Waals surface area contributed by atoms with E-state index in [4.69, 9.17) is 10.8 Å². The van der Waals surface area contributed by atoms with Gasteiger partial charge in [0.05, 0.1) is 17.4 Å². The van der Waals surface area contributed by atoms with Crippen molar-refractivity contribution in [2.24, 2.45) is 11.7 Å². The fourth-order valence-electron chi connectivity index (χ4n) is 3.74. The van der Waals surface area contributed by atoms with Crippen LogP contribution in [0, 0.1) is 5.92 Å². The van der Waals surface area contributed by atoms with Crippen LogP contribution in [0.5, 0.6) is 0 Å². The van der Waals surface area contributed by atoms with Crippen molar-refractivity contribution in [3.63, 3.8) is 0 Å². The summed E-state index contributed by atoms with van der Waals surface area (Å²) in [4.78, 5) is 7.95. The third kappa shape index (κ3) is 2.10. The first kappa shape index (κ1) is 13.3. The Labute approximate surface area is 134 Å². The number of nitrogens with zero attached hydrogens (tertiary/aromatic N) is 3. The first-order valence-electron chi connectivity index (χ1n) is 8.55. The van der Waals surface area contributed by atoms with Crippen LogP contribution in [0.2, 0.25) is 0 Å². The van der Waals surface area contributed by atoms with Gasteiger partial charge in [0.2, 0.25) is 0 Å². The standard InChI is InChI=1S/C18H21N5/c19-9-11-7-13(8-11)23-10-15(17(22-23)12-1-2-12)18-14-3-5-20-16(14)4-6-21-18/h3-6,10-13,20H,1-2,7-9,19H2. The van der Waals surface area contributed by atoms with Gasteiger partial charge in [-0.25, -0.2) is 0 Å². The molecule has 2 saturated carbocycles. The van der Waals surface area contributed by atoms with Crippen LogP contribution in [-0.2, 0) is 0 Å². The molecule has 5 heteroatoms. The third-order valence-electron chi connectivity index (χ3n) is 5.38. The average molecular weight is 307 g/mol. The third-order valence-corrected chi connectivity index (χ3v) is 5.38. The van der Waals surface area contributed by atoms with Crippen LogP contribution >= 0.6 is 0 Å². The van der Waals surface area contributed by atoms with Gasteiger partial charge in [-0.1, -0.05) is 0 Å². The Hall–Kier alpha value is -2.14. The van der Waals surface area contributed by atoms with E-state index in [0.717, 1.165) is 30.6 Å². The molecule has 3 N–H and O–H groups in total. The van der Waals surface area contributed by atoms with Gasteiger partial charge in [-0.2, -0.15) is 5.10 Å². The van der Waals surface area contributed by atoms with Crippen molar-refractivity contribution in [3.8, 4) is 11.3 Å². The molecule has 0 bridgehead atoms. The van der Waals surface area contributed by atoms with Crippen LogP contribution in [0.15, 0.2) is 30.7 Å². The number of nitrogens with two attached hydrogens (primary N) is 1. The molecule has 5 nitrogen and oxygen atoms in total. The first-order valence-corrected chi connectivity index (χ1v) is 8.55. The zero-order chi connectivity index (χ0) is 15.4. The molecule has 0 unspecified atom stereocenters. The van der Waals surface area contributed by atoms with Gasteiger partial charge in [-0.05, 0) is 50.3 Å². The van der Waals surface area contributed by atoms with E-state index >= 15 is 0 Å². The van der Waals surface area contributed by atoms with Crippen LogP contribution in [0.4, 0.5) is 0 Å². The van der Waals surface area contributed by atoms with E-state index in [9.17, 15) is 0 Å². The molecule has 3 aromatic rings. The molecule has 0 radical (unpaired) electrons. The summed E-state index contributed by atoms with van der Waals surface area (Å²) in [7, 11) is 0. The van der Waals surface area contributed by atoms with Gasteiger partial charge in [0.15, 0.2) is 0 Å². The number of fused-ring (bicyclic) bond motifs is 1. The summed E-state index contributed by atoms with van der Waals surface area (Å²) >= 11 is 0. The molecule has 3 aromatic heterocycles. The highest BCUT2D eigenvalue weighted by Crippen LogP contribution is 2.46. The Morgan fingerprint density at radius 1 is 1.26 bits per heavy atom. The molecule has 0 aliphatic heterocycles. The van der Waals surface area contributed by atoms with Crippen molar-refractivity contribution in [1.82, 2.24) is 19.7 Å². The molecule has 2 aliphatic carbocycles. The number of H-pyrrole nitrogens is 1. The van der Waals surface area contributed by atoms with Crippen molar-refractivity contribution < 1.29 is 0 Å². The molecule has 0 aromatic carbocycles. The lowest BCUT2D eigenvalue weighted by Crippen LogP contribution is -2.32. The Kier molecular flexibility index (Phi) is 2.85. The van der Waals surface area contributed by atoms with Crippen LogP contribution in [0.25, 0.3) is 22.2 Å². The minimum Gasteiger partial charge on any atom is -0.361 e. The van der Waals surface area contributed by atoms with Gasteiger partial charge in [0.1, 0.15) is 0 Å². The fourth-order valence-corrected chi connectivity index (χ4v) is 3.74. The largest absolute Gasteiger partial charge is 0.361 e. The molecule has 118 valence electrons. The van der Waals surface area contributed by atoms with Gasteiger partial charge >= 0.3 is 0 Å². The van der Waals surface area contributed by atoms with E-state index in [2.05, 4.69) is 26.9 Å².